The van der Waals surface area contributed by atoms with Crippen molar-refractivity contribution < 1.29 is 42.8 Å². The van der Waals surface area contributed by atoms with Crippen LogP contribution in [0.3, 0.4) is 0 Å². The number of rotatable bonds is 11. The van der Waals surface area contributed by atoms with Crippen molar-refractivity contribution in [2.45, 2.75) is 126 Å². The Labute approximate surface area is 274 Å². The Morgan fingerprint density at radius 3 is 2.41 bits per heavy atom. The Hall–Kier alpha value is -2.60. The van der Waals surface area contributed by atoms with E-state index in [1.54, 1.807) is 7.11 Å². The lowest BCUT2D eigenvalue weighted by Crippen LogP contribution is -2.49. The molecule has 10 nitrogen and oxygen atoms in total. The number of methoxy groups -OCH3 is 2. The van der Waals surface area contributed by atoms with Gasteiger partial charge >= 0.3 is 11.9 Å². The normalized spacial score (nSPS) is 25.5. The first kappa shape index (κ1) is 34.7. The molecule has 1 aromatic carbocycles. The molecule has 1 fully saturated rings. The quantitative estimate of drug-likeness (QED) is 0.238. The van der Waals surface area contributed by atoms with Crippen molar-refractivity contribution in [2.24, 2.45) is 0 Å². The van der Waals surface area contributed by atoms with Gasteiger partial charge in [-0.05, 0) is 106 Å². The molecule has 0 bridgehead atoms. The highest BCUT2D eigenvalue weighted by molar-refractivity contribution is 6.74. The molecule has 1 N–H and O–H groups in total. The fourth-order valence-corrected chi connectivity index (χ4v) is 9.38. The van der Waals surface area contributed by atoms with Crippen LogP contribution in [0, 0.1) is 0 Å². The molecule has 1 aromatic rings. The van der Waals surface area contributed by atoms with Crippen LogP contribution in [0.4, 0.5) is 0 Å². The van der Waals surface area contributed by atoms with Gasteiger partial charge in [-0.1, -0.05) is 20.8 Å². The molecular formula is C35H53NO9Si. The molecule has 0 aromatic heterocycles. The van der Waals surface area contributed by atoms with Crippen LogP contribution in [0.5, 0.6) is 11.5 Å². The van der Waals surface area contributed by atoms with Crippen molar-refractivity contribution >= 4 is 20.3 Å². The molecule has 3 aliphatic heterocycles. The number of carbonyl (C=O) groups excluding carboxylic acids is 2. The number of nitrogens with zero attached hydrogens (tertiary/aromatic N) is 1. The molecule has 0 unspecified atom stereocenters. The van der Waals surface area contributed by atoms with Gasteiger partial charge in [0.25, 0.3) is 0 Å². The van der Waals surface area contributed by atoms with E-state index in [-0.39, 0.29) is 24.2 Å². The summed E-state index contributed by atoms with van der Waals surface area (Å²) in [7, 11) is 0.767. The highest BCUT2D eigenvalue weighted by atomic mass is 28.4. The molecule has 0 amide bonds. The van der Waals surface area contributed by atoms with E-state index in [9.17, 15) is 14.7 Å². The van der Waals surface area contributed by atoms with E-state index in [4.69, 9.17) is 28.1 Å². The molecule has 1 spiro atoms. The van der Waals surface area contributed by atoms with E-state index in [0.29, 0.717) is 30.1 Å². The molecular weight excluding hydrogens is 606 g/mol. The van der Waals surface area contributed by atoms with E-state index in [1.807, 2.05) is 26.0 Å². The standard InChI is InChI=1S/C35H53NO9Si/c1-32(2,3)46(8,9)45-33(4,5)13-10-15-35(39,21-28(37)41-7)31(38)44-30-27(40-6)20-34-14-11-16-36(34)17-12-23-18-25-26(43-22-42-25)19-24(23)29(30)34/h18-20,29-30,39H,10-17,21-22H2,1-9H3/t29-,30-,34+,35-/m1/s1. The van der Waals surface area contributed by atoms with Gasteiger partial charge in [-0.2, -0.15) is 0 Å². The van der Waals surface area contributed by atoms with Crippen molar-refractivity contribution in [2.75, 3.05) is 34.1 Å². The van der Waals surface area contributed by atoms with Gasteiger partial charge in [0.2, 0.25) is 6.79 Å². The van der Waals surface area contributed by atoms with Gasteiger partial charge in [0, 0.05) is 6.54 Å². The van der Waals surface area contributed by atoms with Crippen molar-refractivity contribution in [1.82, 2.24) is 4.90 Å². The second-order valence-electron chi connectivity index (χ2n) is 15.6. The van der Waals surface area contributed by atoms with Gasteiger partial charge in [-0.25, -0.2) is 4.79 Å². The van der Waals surface area contributed by atoms with Crippen molar-refractivity contribution in [3.05, 3.63) is 35.1 Å². The third kappa shape index (κ3) is 6.44. The van der Waals surface area contributed by atoms with Crippen LogP contribution in [-0.4, -0.2) is 87.2 Å². The predicted molar refractivity (Wildman–Crippen MR) is 175 cm³/mol. The first-order valence-electron chi connectivity index (χ1n) is 16.6. The summed E-state index contributed by atoms with van der Waals surface area (Å²) in [5.74, 6) is 0.0915. The Kier molecular flexibility index (Phi) is 9.40. The monoisotopic (exact) mass is 659 g/mol. The third-order valence-corrected chi connectivity index (χ3v) is 15.6. The number of carbonyl (C=O) groups is 2. The number of benzene rings is 1. The summed E-state index contributed by atoms with van der Waals surface area (Å²) in [5.41, 5.74) is -0.849. The summed E-state index contributed by atoms with van der Waals surface area (Å²) >= 11 is 0. The lowest BCUT2D eigenvalue weighted by Gasteiger charge is -2.43. The number of hydrogen-bond donors (Lipinski definition) is 1. The third-order valence-electron chi connectivity index (χ3n) is 10.9. The molecule has 0 radical (unpaired) electrons. The lowest BCUT2D eigenvalue weighted by atomic mass is 9.77. The second kappa shape index (κ2) is 12.4. The summed E-state index contributed by atoms with van der Waals surface area (Å²) in [6.07, 6.45) is 4.54. The summed E-state index contributed by atoms with van der Waals surface area (Å²) in [5, 5.41) is 11.9. The minimum Gasteiger partial charge on any atom is -0.497 e. The molecule has 1 aliphatic carbocycles. The minimum absolute atomic E-state index is 0.0151. The topological polar surface area (TPSA) is 113 Å². The van der Waals surface area contributed by atoms with Crippen molar-refractivity contribution in [3.63, 3.8) is 0 Å². The smallest absolute Gasteiger partial charge is 0.339 e. The van der Waals surface area contributed by atoms with Gasteiger partial charge in [0.1, 0.15) is 5.76 Å². The molecule has 5 rings (SSSR count). The first-order valence-corrected chi connectivity index (χ1v) is 19.5. The van der Waals surface area contributed by atoms with Crippen LogP contribution < -0.4 is 9.47 Å². The first-order chi connectivity index (χ1) is 21.5. The van der Waals surface area contributed by atoms with Crippen LogP contribution in [0.2, 0.25) is 18.1 Å². The summed E-state index contributed by atoms with van der Waals surface area (Å²) in [6, 6.07) is 4.06. The molecule has 4 atom stereocenters. The van der Waals surface area contributed by atoms with Crippen LogP contribution in [0.1, 0.15) is 90.2 Å². The number of hydrogen-bond acceptors (Lipinski definition) is 10. The Bertz CT molecular complexity index is 1370. The Morgan fingerprint density at radius 2 is 1.76 bits per heavy atom. The predicted octanol–water partition coefficient (Wildman–Crippen LogP) is 5.61. The molecule has 46 heavy (non-hydrogen) atoms. The summed E-state index contributed by atoms with van der Waals surface area (Å²) in [6.45, 7) is 17.0. The SMILES string of the molecule is COC(=O)C[C@](O)(CCCC(C)(C)O[Si](C)(C)C(C)(C)C)C(=O)O[C@@H]1C(OC)=C[C@]23CCCN2CCc2cc4c(cc2[C@H]13)OCO4. The summed E-state index contributed by atoms with van der Waals surface area (Å²) in [4.78, 5) is 29.2. The number of aliphatic hydroxyl groups is 1. The van der Waals surface area contributed by atoms with Crippen LogP contribution in [0.15, 0.2) is 24.0 Å². The molecule has 11 heteroatoms. The molecule has 0 saturated carbocycles. The van der Waals surface area contributed by atoms with Gasteiger partial charge in [0.15, 0.2) is 31.5 Å². The van der Waals surface area contributed by atoms with E-state index in [0.717, 1.165) is 43.5 Å². The van der Waals surface area contributed by atoms with E-state index in [2.05, 4.69) is 44.8 Å². The van der Waals surface area contributed by atoms with E-state index < -0.39 is 49.5 Å². The van der Waals surface area contributed by atoms with Crippen LogP contribution in [0.25, 0.3) is 0 Å². The van der Waals surface area contributed by atoms with Crippen LogP contribution >= 0.6 is 0 Å². The van der Waals surface area contributed by atoms with Gasteiger partial charge in [-0.15, -0.1) is 0 Å². The molecule has 4 aliphatic rings. The fourth-order valence-electron chi connectivity index (χ4n) is 7.59. The van der Waals surface area contributed by atoms with Crippen molar-refractivity contribution in [1.29, 1.82) is 0 Å². The Balaban J connectivity index is 1.42. The molecule has 1 saturated heterocycles. The highest BCUT2D eigenvalue weighted by Gasteiger charge is 2.59. The van der Waals surface area contributed by atoms with Crippen molar-refractivity contribution in [3.8, 4) is 11.5 Å². The van der Waals surface area contributed by atoms with Crippen LogP contribution in [-0.2, 0) is 34.6 Å². The zero-order valence-corrected chi connectivity index (χ0v) is 30.1. The largest absolute Gasteiger partial charge is 0.497 e. The number of esters is 2. The average Bonchev–Trinajstić information content (AvgIpc) is 3.65. The van der Waals surface area contributed by atoms with Gasteiger partial charge in [-0.3, -0.25) is 9.69 Å². The maximum atomic E-state index is 14.2. The number of fused-ring (bicyclic) bond motifs is 3. The highest BCUT2D eigenvalue weighted by Crippen LogP contribution is 2.56. The lowest BCUT2D eigenvalue weighted by molar-refractivity contribution is -0.178. The van der Waals surface area contributed by atoms with Gasteiger partial charge in [0.05, 0.1) is 37.7 Å². The molecule has 256 valence electrons. The second-order valence-corrected chi connectivity index (χ2v) is 20.3. The Morgan fingerprint density at radius 1 is 1.07 bits per heavy atom. The summed E-state index contributed by atoms with van der Waals surface area (Å²) < 4.78 is 35.3. The van der Waals surface area contributed by atoms with Gasteiger partial charge < -0.3 is 33.2 Å². The molecule has 3 heterocycles. The minimum atomic E-state index is -2.09. The maximum absolute atomic E-state index is 14.2. The maximum Gasteiger partial charge on any atom is 0.339 e. The zero-order chi connectivity index (χ0) is 33.7. The van der Waals surface area contributed by atoms with E-state index >= 15 is 0 Å². The van der Waals surface area contributed by atoms with E-state index in [1.165, 1.54) is 7.11 Å². The average molecular weight is 660 g/mol. The fraction of sp³-hybridized carbons (Fsp3) is 0.714. The number of ether oxygens (including phenoxy) is 5. The zero-order valence-electron chi connectivity index (χ0n) is 29.1.